The van der Waals surface area contributed by atoms with E-state index in [9.17, 15) is 13.2 Å². The minimum absolute atomic E-state index is 0. The first-order valence-electron chi connectivity index (χ1n) is 8.70. The average molecular weight is 410 g/mol. The van der Waals surface area contributed by atoms with E-state index in [4.69, 9.17) is 0 Å². The molecule has 8 heteroatoms. The van der Waals surface area contributed by atoms with Crippen molar-refractivity contribution in [3.8, 4) is 0 Å². The van der Waals surface area contributed by atoms with E-state index in [0.29, 0.717) is 13.0 Å². The summed E-state index contributed by atoms with van der Waals surface area (Å²) in [5.74, 6) is -0.0244. The van der Waals surface area contributed by atoms with Crippen LogP contribution < -0.4 is 9.62 Å². The fraction of sp³-hybridized carbons (Fsp3) is 0.368. The third-order valence-corrected chi connectivity index (χ3v) is 6.05. The van der Waals surface area contributed by atoms with Crippen LogP contribution in [-0.2, 0) is 27.7 Å². The Morgan fingerprint density at radius 1 is 1.30 bits per heavy atom. The lowest BCUT2D eigenvalue weighted by molar-refractivity contribution is -0.116. The number of hydrogen-bond donors (Lipinski definition) is 1. The Bertz CT molecular complexity index is 904. The van der Waals surface area contributed by atoms with Gasteiger partial charge in [0.05, 0.1) is 4.90 Å². The van der Waals surface area contributed by atoms with Crippen molar-refractivity contribution in [2.75, 3.05) is 11.4 Å². The normalized spacial score (nSPS) is 14.8. The van der Waals surface area contributed by atoms with Crippen LogP contribution in [0.4, 0.5) is 5.69 Å². The van der Waals surface area contributed by atoms with E-state index in [0.717, 1.165) is 29.8 Å². The molecule has 1 aliphatic heterocycles. The molecule has 27 heavy (non-hydrogen) atoms. The van der Waals surface area contributed by atoms with Crippen LogP contribution >= 0.6 is 12.4 Å². The predicted molar refractivity (Wildman–Crippen MR) is 108 cm³/mol. The standard InChI is InChI=1S/C19H23N3O3S.ClH/c1-14(12-17-7-3-4-10-20-17)21-26(24,25)18-8-9-19-16(13-18)6-5-11-22(19)15(2)23;/h3-4,7-10,13-14,21H,5-6,11-12H2,1-2H3;1H. The number of fused-ring (bicyclic) bond motifs is 1. The highest BCUT2D eigenvalue weighted by molar-refractivity contribution is 7.89. The summed E-state index contributed by atoms with van der Waals surface area (Å²) in [6.07, 6.45) is 3.81. The fourth-order valence-corrected chi connectivity index (χ4v) is 4.57. The van der Waals surface area contributed by atoms with E-state index in [1.54, 1.807) is 29.3 Å². The molecule has 1 aliphatic rings. The molecule has 2 aromatic rings. The number of aromatic nitrogens is 1. The smallest absolute Gasteiger partial charge is 0.240 e. The summed E-state index contributed by atoms with van der Waals surface area (Å²) in [6.45, 7) is 4.02. The van der Waals surface area contributed by atoms with Gasteiger partial charge in [-0.2, -0.15) is 0 Å². The van der Waals surface area contributed by atoms with Crippen molar-refractivity contribution in [3.05, 3.63) is 53.9 Å². The van der Waals surface area contributed by atoms with E-state index >= 15 is 0 Å². The number of amides is 1. The molecule has 0 fully saturated rings. The topological polar surface area (TPSA) is 79.4 Å². The lowest BCUT2D eigenvalue weighted by Crippen LogP contribution is -2.35. The van der Waals surface area contributed by atoms with E-state index < -0.39 is 10.0 Å². The molecular weight excluding hydrogens is 386 g/mol. The summed E-state index contributed by atoms with van der Waals surface area (Å²) in [5, 5.41) is 0. The van der Waals surface area contributed by atoms with Crippen LogP contribution in [0.5, 0.6) is 0 Å². The van der Waals surface area contributed by atoms with Gasteiger partial charge in [0.2, 0.25) is 15.9 Å². The summed E-state index contributed by atoms with van der Waals surface area (Å²) in [4.78, 5) is 17.9. The van der Waals surface area contributed by atoms with Crippen molar-refractivity contribution in [1.29, 1.82) is 0 Å². The first-order chi connectivity index (χ1) is 12.4. The largest absolute Gasteiger partial charge is 0.312 e. The number of halogens is 1. The van der Waals surface area contributed by atoms with Crippen molar-refractivity contribution < 1.29 is 13.2 Å². The second-order valence-corrected chi connectivity index (χ2v) is 8.33. The summed E-state index contributed by atoms with van der Waals surface area (Å²) < 4.78 is 28.2. The Morgan fingerprint density at radius 3 is 2.74 bits per heavy atom. The molecule has 0 saturated heterocycles. The lowest BCUT2D eigenvalue weighted by Gasteiger charge is -2.29. The Morgan fingerprint density at radius 2 is 2.07 bits per heavy atom. The maximum atomic E-state index is 12.7. The molecule has 1 amide bonds. The predicted octanol–water partition coefficient (Wildman–Crippen LogP) is 2.71. The van der Waals surface area contributed by atoms with E-state index in [-0.39, 0.29) is 29.3 Å². The molecule has 1 aromatic heterocycles. The second kappa shape index (κ2) is 8.82. The number of pyridine rings is 1. The number of carbonyl (C=O) groups is 1. The maximum absolute atomic E-state index is 12.7. The van der Waals surface area contributed by atoms with Crippen LogP contribution in [0.15, 0.2) is 47.5 Å². The van der Waals surface area contributed by atoms with Crippen molar-refractivity contribution in [3.63, 3.8) is 0 Å². The quantitative estimate of drug-likeness (QED) is 0.823. The highest BCUT2D eigenvalue weighted by Crippen LogP contribution is 2.29. The van der Waals surface area contributed by atoms with Gasteiger partial charge < -0.3 is 4.90 Å². The van der Waals surface area contributed by atoms with Gasteiger partial charge in [-0.15, -0.1) is 12.4 Å². The van der Waals surface area contributed by atoms with Crippen LogP contribution in [0.3, 0.4) is 0 Å². The van der Waals surface area contributed by atoms with Gasteiger partial charge in [0.1, 0.15) is 0 Å². The van der Waals surface area contributed by atoms with Crippen LogP contribution in [0.25, 0.3) is 0 Å². The van der Waals surface area contributed by atoms with E-state index in [1.165, 1.54) is 6.92 Å². The summed E-state index contributed by atoms with van der Waals surface area (Å²) >= 11 is 0. The number of nitrogens with one attached hydrogen (secondary N) is 1. The average Bonchev–Trinajstić information content (AvgIpc) is 2.60. The highest BCUT2D eigenvalue weighted by Gasteiger charge is 2.24. The molecule has 2 heterocycles. The molecule has 0 saturated carbocycles. The van der Waals surface area contributed by atoms with Crippen LogP contribution in [0.2, 0.25) is 0 Å². The number of rotatable bonds is 5. The molecule has 146 valence electrons. The summed E-state index contributed by atoms with van der Waals surface area (Å²) in [7, 11) is -3.63. The molecule has 0 aliphatic carbocycles. The Labute approximate surface area is 166 Å². The molecule has 1 N–H and O–H groups in total. The molecule has 6 nitrogen and oxygen atoms in total. The lowest BCUT2D eigenvalue weighted by atomic mass is 10.0. The molecule has 1 atom stereocenters. The van der Waals surface area contributed by atoms with Crippen molar-refractivity contribution in [2.45, 2.75) is 44.0 Å². The van der Waals surface area contributed by atoms with Gasteiger partial charge in [0.15, 0.2) is 0 Å². The Kier molecular flexibility index (Phi) is 6.97. The molecule has 0 spiro atoms. The van der Waals surface area contributed by atoms with Crippen LogP contribution in [-0.4, -0.2) is 31.9 Å². The number of carbonyl (C=O) groups excluding carboxylic acids is 1. The Balaban J connectivity index is 0.00000261. The fourth-order valence-electron chi connectivity index (χ4n) is 3.27. The molecule has 3 rings (SSSR count). The summed E-state index contributed by atoms with van der Waals surface area (Å²) in [5.41, 5.74) is 2.54. The van der Waals surface area contributed by atoms with Crippen molar-refractivity contribution >= 4 is 34.0 Å². The molecule has 0 radical (unpaired) electrons. The first kappa shape index (κ1) is 21.3. The number of anilines is 1. The van der Waals surface area contributed by atoms with Gasteiger partial charge in [-0.05, 0) is 55.7 Å². The van der Waals surface area contributed by atoms with Crippen LogP contribution in [0, 0.1) is 0 Å². The van der Waals surface area contributed by atoms with Crippen molar-refractivity contribution in [2.24, 2.45) is 0 Å². The number of nitrogens with zero attached hydrogens (tertiary/aromatic N) is 2. The van der Waals surface area contributed by atoms with Gasteiger partial charge in [0, 0.05) is 43.5 Å². The maximum Gasteiger partial charge on any atom is 0.240 e. The minimum Gasteiger partial charge on any atom is -0.312 e. The summed E-state index contributed by atoms with van der Waals surface area (Å²) in [6, 6.07) is 10.3. The highest BCUT2D eigenvalue weighted by atomic mass is 35.5. The SMILES string of the molecule is CC(=O)N1CCCc2cc(S(=O)(=O)NC(C)Cc3ccccn3)ccc21.Cl. The number of sulfonamides is 1. The number of benzene rings is 1. The van der Waals surface area contributed by atoms with E-state index in [2.05, 4.69) is 9.71 Å². The van der Waals surface area contributed by atoms with E-state index in [1.807, 2.05) is 25.1 Å². The monoisotopic (exact) mass is 409 g/mol. The molecule has 1 unspecified atom stereocenters. The minimum atomic E-state index is -3.63. The van der Waals surface area contributed by atoms with Crippen LogP contribution in [0.1, 0.15) is 31.5 Å². The Hall–Kier alpha value is -1.96. The first-order valence-corrected chi connectivity index (χ1v) is 10.2. The van der Waals surface area contributed by atoms with Crippen molar-refractivity contribution in [1.82, 2.24) is 9.71 Å². The zero-order chi connectivity index (χ0) is 18.7. The van der Waals surface area contributed by atoms with Gasteiger partial charge in [-0.25, -0.2) is 13.1 Å². The number of hydrogen-bond acceptors (Lipinski definition) is 4. The third kappa shape index (κ3) is 5.06. The zero-order valence-corrected chi connectivity index (χ0v) is 17.0. The molecule has 0 bridgehead atoms. The number of aryl methyl sites for hydroxylation is 1. The zero-order valence-electron chi connectivity index (χ0n) is 15.4. The molecular formula is C19H24ClN3O3S. The van der Waals surface area contributed by atoms with Gasteiger partial charge in [-0.1, -0.05) is 6.07 Å². The van der Waals surface area contributed by atoms with Gasteiger partial charge >= 0.3 is 0 Å². The third-order valence-electron chi connectivity index (χ3n) is 4.46. The second-order valence-electron chi connectivity index (χ2n) is 6.61. The van der Waals surface area contributed by atoms with Gasteiger partial charge in [0.25, 0.3) is 0 Å². The molecule has 1 aromatic carbocycles. The van der Waals surface area contributed by atoms with Gasteiger partial charge in [-0.3, -0.25) is 9.78 Å².